The maximum atomic E-state index is 11.6. The lowest BCUT2D eigenvalue weighted by molar-refractivity contribution is -0.116. The van der Waals surface area contributed by atoms with Crippen LogP contribution < -0.4 is 11.1 Å². The number of aryl methyl sites for hydroxylation is 2. The zero-order chi connectivity index (χ0) is 15.0. The fourth-order valence-electron chi connectivity index (χ4n) is 2.59. The molecule has 0 saturated heterocycles. The first-order chi connectivity index (χ1) is 10.0. The summed E-state index contributed by atoms with van der Waals surface area (Å²) >= 11 is 5.23. The summed E-state index contributed by atoms with van der Waals surface area (Å²) in [6.07, 6.45) is 2.40. The molecule has 110 valence electrons. The van der Waals surface area contributed by atoms with Crippen molar-refractivity contribution >= 4 is 38.9 Å². The van der Waals surface area contributed by atoms with E-state index in [4.69, 9.17) is 5.73 Å². The van der Waals surface area contributed by atoms with Gasteiger partial charge in [0.25, 0.3) is 0 Å². The van der Waals surface area contributed by atoms with Crippen LogP contribution in [-0.4, -0.2) is 5.91 Å². The maximum Gasteiger partial charge on any atom is 0.224 e. The first kappa shape index (κ1) is 14.8. The molecule has 1 aromatic carbocycles. The average molecular weight is 365 g/mol. The van der Waals surface area contributed by atoms with Gasteiger partial charge in [-0.2, -0.15) is 0 Å². The Morgan fingerprint density at radius 3 is 2.86 bits per heavy atom. The number of nitrogens with two attached hydrogens (primary N) is 1. The van der Waals surface area contributed by atoms with Gasteiger partial charge in [0.2, 0.25) is 5.91 Å². The van der Waals surface area contributed by atoms with Crippen LogP contribution in [0.2, 0.25) is 0 Å². The number of halogens is 1. The summed E-state index contributed by atoms with van der Waals surface area (Å²) in [4.78, 5) is 12.7. The largest absolute Gasteiger partial charge is 0.326 e. The average Bonchev–Trinajstić information content (AvgIpc) is 2.68. The van der Waals surface area contributed by atoms with E-state index in [1.54, 1.807) is 11.3 Å². The molecule has 2 aromatic rings. The number of rotatable bonds is 2. The van der Waals surface area contributed by atoms with Crippen LogP contribution in [0.1, 0.15) is 40.5 Å². The molecule has 21 heavy (non-hydrogen) atoms. The lowest BCUT2D eigenvalue weighted by Gasteiger charge is -2.14. The third kappa shape index (κ3) is 3.05. The molecular weight excluding hydrogens is 348 g/mol. The summed E-state index contributed by atoms with van der Waals surface area (Å²) in [7, 11) is 0. The van der Waals surface area contributed by atoms with Crippen molar-refractivity contribution in [3.63, 3.8) is 0 Å². The molecule has 1 aromatic heterocycles. The van der Waals surface area contributed by atoms with Gasteiger partial charge in [0, 0.05) is 17.0 Å². The van der Waals surface area contributed by atoms with E-state index in [0.29, 0.717) is 6.42 Å². The Morgan fingerprint density at radius 1 is 1.33 bits per heavy atom. The first-order valence-corrected chi connectivity index (χ1v) is 8.59. The highest BCUT2D eigenvalue weighted by atomic mass is 79.9. The van der Waals surface area contributed by atoms with E-state index < -0.39 is 0 Å². The van der Waals surface area contributed by atoms with Crippen molar-refractivity contribution in [3.05, 3.63) is 49.6 Å². The predicted molar refractivity (Wildman–Crippen MR) is 90.8 cm³/mol. The summed E-state index contributed by atoms with van der Waals surface area (Å²) in [6, 6.07) is 8.13. The molecule has 0 radical (unpaired) electrons. The Morgan fingerprint density at radius 2 is 2.14 bits per heavy atom. The van der Waals surface area contributed by atoms with E-state index in [1.165, 1.54) is 11.1 Å². The molecule has 2 heterocycles. The van der Waals surface area contributed by atoms with E-state index in [2.05, 4.69) is 40.3 Å². The minimum absolute atomic E-state index is 0.101. The molecule has 1 unspecified atom stereocenters. The van der Waals surface area contributed by atoms with Gasteiger partial charge in [-0.15, -0.1) is 11.3 Å². The topological polar surface area (TPSA) is 55.1 Å². The van der Waals surface area contributed by atoms with Gasteiger partial charge >= 0.3 is 0 Å². The molecule has 0 saturated carbocycles. The third-order valence-electron chi connectivity index (χ3n) is 3.80. The van der Waals surface area contributed by atoms with Crippen molar-refractivity contribution in [2.75, 3.05) is 5.32 Å². The van der Waals surface area contributed by atoms with Gasteiger partial charge in [-0.05, 0) is 64.5 Å². The third-order valence-corrected chi connectivity index (χ3v) is 6.01. The van der Waals surface area contributed by atoms with Crippen molar-refractivity contribution in [2.24, 2.45) is 5.73 Å². The molecule has 3 N–H and O–H groups in total. The van der Waals surface area contributed by atoms with E-state index in [0.717, 1.165) is 32.8 Å². The van der Waals surface area contributed by atoms with Crippen LogP contribution in [0, 0.1) is 6.92 Å². The van der Waals surface area contributed by atoms with Crippen LogP contribution in [0.15, 0.2) is 28.1 Å². The first-order valence-electron chi connectivity index (χ1n) is 6.98. The van der Waals surface area contributed by atoms with Gasteiger partial charge in [0.05, 0.1) is 9.83 Å². The lowest BCUT2D eigenvalue weighted by Crippen LogP contribution is -2.12. The summed E-state index contributed by atoms with van der Waals surface area (Å²) in [6.45, 7) is 2.07. The van der Waals surface area contributed by atoms with E-state index in [-0.39, 0.29) is 11.9 Å². The predicted octanol–water partition coefficient (Wildman–Crippen LogP) is 4.14. The highest BCUT2D eigenvalue weighted by Crippen LogP contribution is 2.34. The lowest BCUT2D eigenvalue weighted by atomic mass is 9.99. The Bertz CT molecular complexity index is 676. The fourth-order valence-corrected chi connectivity index (χ4v) is 4.19. The van der Waals surface area contributed by atoms with E-state index >= 15 is 0 Å². The number of amides is 1. The van der Waals surface area contributed by atoms with Crippen LogP contribution in [0.4, 0.5) is 5.69 Å². The van der Waals surface area contributed by atoms with Gasteiger partial charge in [0.1, 0.15) is 0 Å². The quantitative estimate of drug-likeness (QED) is 0.840. The monoisotopic (exact) mass is 364 g/mol. The summed E-state index contributed by atoms with van der Waals surface area (Å²) in [5.41, 5.74) is 10.8. The number of nitrogens with one attached hydrogen (secondary N) is 1. The second-order valence-corrected chi connectivity index (χ2v) is 7.80. The van der Waals surface area contributed by atoms with Crippen molar-refractivity contribution in [1.82, 2.24) is 0 Å². The van der Waals surface area contributed by atoms with Crippen molar-refractivity contribution in [1.29, 1.82) is 0 Å². The molecule has 1 amide bonds. The fraction of sp³-hybridized carbons (Fsp3) is 0.312. The molecule has 0 aliphatic carbocycles. The van der Waals surface area contributed by atoms with Gasteiger partial charge in [-0.3, -0.25) is 4.79 Å². The standard InChI is InChI=1S/C16H17BrN2OS/c1-9-7-13(21-16(9)17)15(18)11-5-6-12-10(8-11)3-2-4-14(20)19-12/h5-8,15H,2-4,18H2,1H3,(H,19,20). The number of carbonyl (C=O) groups is 1. The second-order valence-electron chi connectivity index (χ2n) is 5.40. The minimum Gasteiger partial charge on any atom is -0.326 e. The van der Waals surface area contributed by atoms with Gasteiger partial charge in [-0.25, -0.2) is 0 Å². The smallest absolute Gasteiger partial charge is 0.224 e. The highest BCUT2D eigenvalue weighted by molar-refractivity contribution is 9.11. The minimum atomic E-state index is -0.121. The molecule has 1 atom stereocenters. The summed E-state index contributed by atoms with van der Waals surface area (Å²) in [5, 5.41) is 2.96. The molecule has 1 aliphatic heterocycles. The molecular formula is C16H17BrN2OS. The molecule has 1 aliphatic rings. The van der Waals surface area contributed by atoms with Gasteiger partial charge in [-0.1, -0.05) is 12.1 Å². The molecule has 0 fully saturated rings. The van der Waals surface area contributed by atoms with Crippen LogP contribution in [0.25, 0.3) is 0 Å². The van der Waals surface area contributed by atoms with Gasteiger partial charge in [0.15, 0.2) is 0 Å². The molecule has 5 heteroatoms. The Hall–Kier alpha value is -1.17. The maximum absolute atomic E-state index is 11.6. The number of carbonyl (C=O) groups excluding carboxylic acids is 1. The Kier molecular flexibility index (Phi) is 4.15. The molecule has 3 nitrogen and oxygen atoms in total. The number of fused-ring (bicyclic) bond motifs is 1. The van der Waals surface area contributed by atoms with Crippen LogP contribution in [0.5, 0.6) is 0 Å². The van der Waals surface area contributed by atoms with E-state index in [9.17, 15) is 4.79 Å². The summed E-state index contributed by atoms with van der Waals surface area (Å²) in [5.74, 6) is 0.101. The van der Waals surface area contributed by atoms with Crippen LogP contribution in [-0.2, 0) is 11.2 Å². The van der Waals surface area contributed by atoms with Crippen LogP contribution >= 0.6 is 27.3 Å². The van der Waals surface area contributed by atoms with Crippen molar-refractivity contribution in [2.45, 2.75) is 32.2 Å². The van der Waals surface area contributed by atoms with Crippen LogP contribution in [0.3, 0.4) is 0 Å². The SMILES string of the molecule is Cc1cc(C(N)c2ccc3c(c2)CCCC(=O)N3)sc1Br. The van der Waals surface area contributed by atoms with E-state index in [1.807, 2.05) is 12.1 Å². The molecule has 3 rings (SSSR count). The normalized spacial score (nSPS) is 16.0. The van der Waals surface area contributed by atoms with Crippen molar-refractivity contribution < 1.29 is 4.79 Å². The Balaban J connectivity index is 1.92. The Labute approximate surface area is 136 Å². The number of benzene rings is 1. The molecule has 0 bridgehead atoms. The number of hydrogen-bond donors (Lipinski definition) is 2. The van der Waals surface area contributed by atoms with Crippen molar-refractivity contribution in [3.8, 4) is 0 Å². The number of anilines is 1. The van der Waals surface area contributed by atoms with Gasteiger partial charge < -0.3 is 11.1 Å². The molecule has 0 spiro atoms. The number of thiophene rings is 1. The highest BCUT2D eigenvalue weighted by Gasteiger charge is 2.17. The second kappa shape index (κ2) is 5.91. The zero-order valence-corrected chi connectivity index (χ0v) is 14.2. The number of hydrogen-bond acceptors (Lipinski definition) is 3. The zero-order valence-electron chi connectivity index (χ0n) is 11.8. The summed E-state index contributed by atoms with van der Waals surface area (Å²) < 4.78 is 1.13.